The zero-order valence-corrected chi connectivity index (χ0v) is 11.8. The number of hydrogen-bond acceptors (Lipinski definition) is 6. The number of ether oxygens (including phenoxy) is 1. The van der Waals surface area contributed by atoms with Crippen LogP contribution >= 0.6 is 7.60 Å². The summed E-state index contributed by atoms with van der Waals surface area (Å²) >= 11 is 0. The topological polar surface area (TPSA) is 156 Å². The molecule has 3 rings (SSSR count). The van der Waals surface area contributed by atoms with Crippen molar-refractivity contribution in [3.63, 3.8) is 0 Å². The van der Waals surface area contributed by atoms with E-state index in [0.717, 1.165) is 0 Å². The van der Waals surface area contributed by atoms with E-state index in [-0.39, 0.29) is 11.5 Å². The third-order valence-corrected chi connectivity index (χ3v) is 3.76. The maximum absolute atomic E-state index is 11.7. The number of nitrogen functional groups attached to an aromatic ring is 1. The maximum Gasteiger partial charge on any atom is 0.351 e. The van der Waals surface area contributed by atoms with Crippen LogP contribution in [0.3, 0.4) is 0 Å². The first-order valence-electron chi connectivity index (χ1n) is 6.17. The first-order chi connectivity index (χ1) is 9.78. The molecular formula is C10H14N5O5P. The van der Waals surface area contributed by atoms with E-state index >= 15 is 0 Å². The Balaban J connectivity index is 1.85. The third kappa shape index (κ3) is 2.98. The van der Waals surface area contributed by atoms with E-state index in [2.05, 4.69) is 15.0 Å². The lowest BCUT2D eigenvalue weighted by Crippen LogP contribution is -2.23. The maximum atomic E-state index is 11.7. The van der Waals surface area contributed by atoms with Gasteiger partial charge in [0.25, 0.3) is 5.56 Å². The quantitative estimate of drug-likeness (QED) is 0.532. The van der Waals surface area contributed by atoms with Gasteiger partial charge in [0.1, 0.15) is 6.35 Å². The Morgan fingerprint density at radius 1 is 1.52 bits per heavy atom. The number of hydrogen-bond donors (Lipinski definition) is 4. The predicted molar refractivity (Wildman–Crippen MR) is 72.5 cm³/mol. The molecule has 0 radical (unpaired) electrons. The molecule has 0 aromatic carbocycles. The van der Waals surface area contributed by atoms with Crippen molar-refractivity contribution >= 4 is 24.7 Å². The van der Waals surface area contributed by atoms with E-state index in [9.17, 15) is 9.36 Å². The smallest absolute Gasteiger partial charge is 0.351 e. The largest absolute Gasteiger partial charge is 0.369 e. The van der Waals surface area contributed by atoms with E-state index < -0.39 is 25.1 Å². The normalized spacial score (nSPS) is 17.2. The van der Waals surface area contributed by atoms with E-state index in [0.29, 0.717) is 25.0 Å². The Hall–Kier alpha value is -1.74. The SMILES string of the molecule is Nc1nc2c(ncn2CC2(OCP(=O)(O)O)CC2)c(=O)[nH]1. The first-order valence-corrected chi connectivity index (χ1v) is 7.97. The van der Waals surface area contributed by atoms with Gasteiger partial charge in [-0.15, -0.1) is 0 Å². The Morgan fingerprint density at radius 3 is 2.86 bits per heavy atom. The zero-order chi connectivity index (χ0) is 15.3. The fourth-order valence-corrected chi connectivity index (χ4v) is 2.55. The second-order valence-electron chi connectivity index (χ2n) is 5.12. The van der Waals surface area contributed by atoms with Crippen molar-refractivity contribution < 1.29 is 19.1 Å². The molecule has 10 nitrogen and oxygen atoms in total. The summed E-state index contributed by atoms with van der Waals surface area (Å²) in [4.78, 5) is 39.8. The Bertz CT molecular complexity index is 789. The van der Waals surface area contributed by atoms with Crippen molar-refractivity contribution in [2.45, 2.75) is 25.0 Å². The molecule has 0 spiro atoms. The molecule has 2 aromatic rings. The molecule has 11 heteroatoms. The van der Waals surface area contributed by atoms with Crippen molar-refractivity contribution in [2.75, 3.05) is 12.1 Å². The van der Waals surface area contributed by atoms with Crippen molar-refractivity contribution in [3.8, 4) is 0 Å². The van der Waals surface area contributed by atoms with Gasteiger partial charge in [0.2, 0.25) is 5.95 Å². The molecule has 1 aliphatic carbocycles. The number of anilines is 1. The predicted octanol–water partition coefficient (Wildman–Crippen LogP) is -0.614. The Kier molecular flexibility index (Phi) is 3.14. The fraction of sp³-hybridized carbons (Fsp3) is 0.500. The number of aromatic amines is 1. The van der Waals surface area contributed by atoms with Gasteiger partial charge in [0.05, 0.1) is 18.5 Å². The van der Waals surface area contributed by atoms with Gasteiger partial charge in [-0.1, -0.05) is 0 Å². The van der Waals surface area contributed by atoms with Gasteiger partial charge < -0.3 is 24.8 Å². The van der Waals surface area contributed by atoms with Gasteiger partial charge in [0.15, 0.2) is 11.2 Å². The summed E-state index contributed by atoms with van der Waals surface area (Å²) in [5.74, 6) is -0.0183. The molecule has 2 heterocycles. The van der Waals surface area contributed by atoms with Crippen LogP contribution in [0.4, 0.5) is 5.95 Å². The van der Waals surface area contributed by atoms with E-state index in [4.69, 9.17) is 20.3 Å². The van der Waals surface area contributed by atoms with Gasteiger partial charge in [-0.25, -0.2) is 4.98 Å². The van der Waals surface area contributed by atoms with E-state index in [1.54, 1.807) is 4.57 Å². The summed E-state index contributed by atoms with van der Waals surface area (Å²) in [6.07, 6.45) is 2.15. The summed E-state index contributed by atoms with van der Waals surface area (Å²) in [5, 5.41) is 0. The van der Waals surface area contributed by atoms with Crippen LogP contribution in [0.25, 0.3) is 11.2 Å². The van der Waals surface area contributed by atoms with Gasteiger partial charge >= 0.3 is 7.60 Å². The number of imidazole rings is 1. The molecule has 0 amide bonds. The van der Waals surface area contributed by atoms with E-state index in [1.165, 1.54) is 6.33 Å². The molecule has 0 bridgehead atoms. The highest BCUT2D eigenvalue weighted by Crippen LogP contribution is 2.45. The summed E-state index contributed by atoms with van der Waals surface area (Å²) < 4.78 is 17.8. The minimum absolute atomic E-state index is 0.0183. The number of H-pyrrole nitrogens is 1. The summed E-state index contributed by atoms with van der Waals surface area (Å²) in [5.41, 5.74) is 4.91. The molecule has 5 N–H and O–H groups in total. The average Bonchev–Trinajstić information content (AvgIpc) is 3.02. The molecular weight excluding hydrogens is 301 g/mol. The average molecular weight is 315 g/mol. The highest BCUT2D eigenvalue weighted by molar-refractivity contribution is 7.51. The number of fused-ring (bicyclic) bond motifs is 1. The second-order valence-corrected chi connectivity index (χ2v) is 6.70. The molecule has 1 fully saturated rings. The van der Waals surface area contributed by atoms with Crippen LogP contribution in [-0.4, -0.2) is 41.3 Å². The van der Waals surface area contributed by atoms with Crippen molar-refractivity contribution in [3.05, 3.63) is 16.7 Å². The van der Waals surface area contributed by atoms with E-state index in [1.807, 2.05) is 0 Å². The molecule has 0 saturated heterocycles. The van der Waals surface area contributed by atoms with Crippen LogP contribution in [0.15, 0.2) is 11.1 Å². The monoisotopic (exact) mass is 315 g/mol. The number of rotatable bonds is 5. The van der Waals surface area contributed by atoms with Gasteiger partial charge in [0, 0.05) is 0 Å². The highest BCUT2D eigenvalue weighted by atomic mass is 31.2. The van der Waals surface area contributed by atoms with Crippen LogP contribution in [0.5, 0.6) is 0 Å². The van der Waals surface area contributed by atoms with Gasteiger partial charge in [-0.05, 0) is 12.8 Å². The third-order valence-electron chi connectivity index (χ3n) is 3.30. The fourth-order valence-electron chi connectivity index (χ4n) is 2.11. The van der Waals surface area contributed by atoms with Crippen LogP contribution in [0.2, 0.25) is 0 Å². The van der Waals surface area contributed by atoms with Gasteiger partial charge in [-0.2, -0.15) is 4.98 Å². The molecule has 0 atom stereocenters. The summed E-state index contributed by atoms with van der Waals surface area (Å²) in [6.45, 7) is 0.305. The Labute approximate surface area is 118 Å². The minimum Gasteiger partial charge on any atom is -0.369 e. The summed E-state index contributed by atoms with van der Waals surface area (Å²) in [7, 11) is -4.21. The summed E-state index contributed by atoms with van der Waals surface area (Å²) in [6, 6.07) is 0. The van der Waals surface area contributed by atoms with Crippen molar-refractivity contribution in [2.24, 2.45) is 0 Å². The number of nitrogens with zero attached hydrogens (tertiary/aromatic N) is 3. The number of aromatic nitrogens is 4. The van der Waals surface area contributed by atoms with Crippen LogP contribution in [0, 0.1) is 0 Å². The molecule has 1 aliphatic rings. The van der Waals surface area contributed by atoms with Crippen LogP contribution in [-0.2, 0) is 15.8 Å². The second kappa shape index (κ2) is 4.63. The van der Waals surface area contributed by atoms with Crippen LogP contribution < -0.4 is 11.3 Å². The lowest BCUT2D eigenvalue weighted by Gasteiger charge is -2.17. The Morgan fingerprint density at radius 2 is 2.24 bits per heavy atom. The molecule has 2 aromatic heterocycles. The van der Waals surface area contributed by atoms with Crippen molar-refractivity contribution in [1.29, 1.82) is 0 Å². The lowest BCUT2D eigenvalue weighted by atomic mass is 10.3. The van der Waals surface area contributed by atoms with Crippen molar-refractivity contribution in [1.82, 2.24) is 19.5 Å². The number of nitrogens with one attached hydrogen (secondary N) is 1. The molecule has 114 valence electrons. The van der Waals surface area contributed by atoms with Gasteiger partial charge in [-0.3, -0.25) is 14.3 Å². The van der Waals surface area contributed by atoms with Crippen LogP contribution in [0.1, 0.15) is 12.8 Å². The minimum atomic E-state index is -4.21. The zero-order valence-electron chi connectivity index (χ0n) is 10.9. The molecule has 21 heavy (non-hydrogen) atoms. The molecule has 1 saturated carbocycles. The first kappa shape index (κ1) is 14.2. The standard InChI is InChI=1S/C10H14N5O5P/c11-9-13-7-6(8(16)14-9)12-4-15(7)3-10(1-2-10)20-5-21(17,18)19/h4H,1-3,5H2,(H2,17,18,19)(H3,11,13,14,16). The highest BCUT2D eigenvalue weighted by Gasteiger charge is 2.46. The molecule has 0 unspecified atom stereocenters. The molecule has 0 aliphatic heterocycles. The number of nitrogens with two attached hydrogens (primary N) is 1. The lowest BCUT2D eigenvalue weighted by molar-refractivity contribution is 0.0417.